The molecule has 104 valence electrons. The van der Waals surface area contributed by atoms with Crippen LogP contribution in [0, 0.1) is 11.3 Å². The van der Waals surface area contributed by atoms with E-state index in [0.29, 0.717) is 5.56 Å². The molecule has 2 aromatic rings. The number of aromatic nitrogens is 1. The van der Waals surface area contributed by atoms with Gasteiger partial charge >= 0.3 is 0 Å². The molecule has 20 heavy (non-hydrogen) atoms. The van der Waals surface area contributed by atoms with Gasteiger partial charge in [0.05, 0.1) is 22.3 Å². The lowest BCUT2D eigenvalue weighted by molar-refractivity contribution is 0.308. The molecule has 4 heteroatoms. The monoisotopic (exact) mass is 285 g/mol. The number of nitriles is 1. The molecule has 0 fully saturated rings. The number of hydrogen-bond acceptors (Lipinski definition) is 4. The highest BCUT2D eigenvalue weighted by molar-refractivity contribution is 7.09. The number of hydrogen-bond donors (Lipinski definition) is 0. The van der Waals surface area contributed by atoms with E-state index in [1.165, 1.54) is 0 Å². The predicted octanol–water partition coefficient (Wildman–Crippen LogP) is 3.57. The summed E-state index contributed by atoms with van der Waals surface area (Å²) in [4.78, 5) is 7.08. The lowest BCUT2D eigenvalue weighted by atomic mass is 10.1. The summed E-state index contributed by atoms with van der Waals surface area (Å²) in [5.74, 6) is 0. The maximum Gasteiger partial charge on any atom is 0.0991 e. The largest absolute Gasteiger partial charge is 0.303 e. The van der Waals surface area contributed by atoms with Crippen LogP contribution in [0.3, 0.4) is 0 Å². The van der Waals surface area contributed by atoms with Gasteiger partial charge in [0.15, 0.2) is 0 Å². The fourth-order valence-corrected chi connectivity index (χ4v) is 2.90. The number of benzene rings is 1. The van der Waals surface area contributed by atoms with E-state index < -0.39 is 0 Å². The highest BCUT2D eigenvalue weighted by Crippen LogP contribution is 2.23. The van der Waals surface area contributed by atoms with E-state index in [1.54, 1.807) is 11.3 Å². The fourth-order valence-electron chi connectivity index (χ4n) is 2.10. The zero-order valence-corrected chi connectivity index (χ0v) is 12.8. The average Bonchev–Trinajstić information content (AvgIpc) is 2.97. The summed E-state index contributed by atoms with van der Waals surface area (Å²) < 4.78 is 0. The quantitative estimate of drug-likeness (QED) is 0.814. The Labute approximate surface area is 124 Å². The Balaban J connectivity index is 2.07. The maximum atomic E-state index is 8.94. The van der Waals surface area contributed by atoms with Crippen LogP contribution >= 0.6 is 11.3 Å². The summed E-state index contributed by atoms with van der Waals surface area (Å²) in [6.45, 7) is 7.59. The summed E-state index contributed by atoms with van der Waals surface area (Å²) in [5, 5.41) is 12.2. The SMILES string of the molecule is CCN(CC)CCc1nc(-c2cccc(C#N)c2)cs1. The normalized spacial score (nSPS) is 10.7. The van der Waals surface area contributed by atoms with E-state index in [0.717, 1.165) is 42.3 Å². The van der Waals surface area contributed by atoms with Crippen LogP contribution in [-0.4, -0.2) is 29.5 Å². The minimum Gasteiger partial charge on any atom is -0.303 e. The molecule has 0 aliphatic rings. The van der Waals surface area contributed by atoms with Gasteiger partial charge in [0, 0.05) is 23.9 Å². The molecular formula is C16H19N3S. The van der Waals surface area contributed by atoms with Crippen molar-refractivity contribution >= 4 is 11.3 Å². The van der Waals surface area contributed by atoms with Gasteiger partial charge in [-0.2, -0.15) is 5.26 Å². The summed E-state index contributed by atoms with van der Waals surface area (Å²) in [7, 11) is 0. The van der Waals surface area contributed by atoms with Gasteiger partial charge in [-0.15, -0.1) is 11.3 Å². The van der Waals surface area contributed by atoms with E-state index in [9.17, 15) is 0 Å². The molecule has 0 radical (unpaired) electrons. The van der Waals surface area contributed by atoms with Crippen LogP contribution in [0.4, 0.5) is 0 Å². The van der Waals surface area contributed by atoms with Gasteiger partial charge in [0.25, 0.3) is 0 Å². The van der Waals surface area contributed by atoms with E-state index in [1.807, 2.05) is 24.3 Å². The van der Waals surface area contributed by atoms with Gasteiger partial charge in [-0.1, -0.05) is 26.0 Å². The molecule has 1 aromatic carbocycles. The van der Waals surface area contributed by atoms with Crippen molar-refractivity contribution in [1.82, 2.24) is 9.88 Å². The summed E-state index contributed by atoms with van der Waals surface area (Å²) in [6, 6.07) is 9.79. The first kappa shape index (κ1) is 14.7. The van der Waals surface area contributed by atoms with Crippen molar-refractivity contribution in [3.63, 3.8) is 0 Å². The maximum absolute atomic E-state index is 8.94. The van der Waals surface area contributed by atoms with Crippen LogP contribution < -0.4 is 0 Å². The van der Waals surface area contributed by atoms with Crippen LogP contribution in [0.5, 0.6) is 0 Å². The lowest BCUT2D eigenvalue weighted by Gasteiger charge is -2.16. The second kappa shape index (κ2) is 7.18. The number of likely N-dealkylation sites (N-methyl/N-ethyl adjacent to an activating group) is 1. The van der Waals surface area contributed by atoms with Crippen LogP contribution in [0.1, 0.15) is 24.4 Å². The Morgan fingerprint density at radius 2 is 2.10 bits per heavy atom. The van der Waals surface area contributed by atoms with Gasteiger partial charge in [0.1, 0.15) is 0 Å². The molecule has 0 aliphatic heterocycles. The first-order valence-corrected chi connectivity index (χ1v) is 7.82. The first-order chi connectivity index (χ1) is 9.76. The minimum atomic E-state index is 0.681. The third-order valence-electron chi connectivity index (χ3n) is 3.38. The number of rotatable bonds is 6. The highest BCUT2D eigenvalue weighted by Gasteiger charge is 2.07. The molecular weight excluding hydrogens is 266 g/mol. The number of thiazole rings is 1. The minimum absolute atomic E-state index is 0.681. The van der Waals surface area contributed by atoms with E-state index in [4.69, 9.17) is 5.26 Å². The topological polar surface area (TPSA) is 39.9 Å². The molecule has 0 amide bonds. The van der Waals surface area contributed by atoms with Crippen molar-refractivity contribution in [1.29, 1.82) is 5.26 Å². The van der Waals surface area contributed by atoms with Crippen molar-refractivity contribution < 1.29 is 0 Å². The van der Waals surface area contributed by atoms with Gasteiger partial charge < -0.3 is 4.90 Å². The Morgan fingerprint density at radius 3 is 2.80 bits per heavy atom. The molecule has 0 bridgehead atoms. The molecule has 0 saturated carbocycles. The van der Waals surface area contributed by atoms with E-state index >= 15 is 0 Å². The fraction of sp³-hybridized carbons (Fsp3) is 0.375. The van der Waals surface area contributed by atoms with Crippen molar-refractivity contribution in [2.45, 2.75) is 20.3 Å². The predicted molar refractivity (Wildman–Crippen MR) is 83.8 cm³/mol. The molecule has 3 nitrogen and oxygen atoms in total. The van der Waals surface area contributed by atoms with Gasteiger partial charge in [0.2, 0.25) is 0 Å². The zero-order valence-electron chi connectivity index (χ0n) is 12.0. The van der Waals surface area contributed by atoms with Crippen LogP contribution in [0.2, 0.25) is 0 Å². The molecule has 2 rings (SSSR count). The Hall–Kier alpha value is -1.70. The van der Waals surface area contributed by atoms with Crippen molar-refractivity contribution in [2.24, 2.45) is 0 Å². The number of nitrogens with zero attached hydrogens (tertiary/aromatic N) is 3. The Morgan fingerprint density at radius 1 is 1.30 bits per heavy atom. The third kappa shape index (κ3) is 3.66. The standard InChI is InChI=1S/C16H19N3S/c1-3-19(4-2)9-8-16-18-15(12-20-16)14-7-5-6-13(10-14)11-17/h5-7,10,12H,3-4,8-9H2,1-2H3. The zero-order chi connectivity index (χ0) is 14.4. The smallest absolute Gasteiger partial charge is 0.0991 e. The molecule has 1 aromatic heterocycles. The molecule has 0 spiro atoms. The average molecular weight is 285 g/mol. The molecule has 0 atom stereocenters. The second-order valence-corrected chi connectivity index (χ2v) is 5.54. The molecule has 1 heterocycles. The van der Waals surface area contributed by atoms with Crippen LogP contribution in [-0.2, 0) is 6.42 Å². The van der Waals surface area contributed by atoms with Crippen molar-refractivity contribution in [3.8, 4) is 17.3 Å². The third-order valence-corrected chi connectivity index (χ3v) is 4.28. The molecule has 0 N–H and O–H groups in total. The Kier molecular flexibility index (Phi) is 5.28. The molecule has 0 unspecified atom stereocenters. The first-order valence-electron chi connectivity index (χ1n) is 6.94. The van der Waals surface area contributed by atoms with Crippen molar-refractivity contribution in [2.75, 3.05) is 19.6 Å². The van der Waals surface area contributed by atoms with E-state index in [-0.39, 0.29) is 0 Å². The van der Waals surface area contributed by atoms with Crippen molar-refractivity contribution in [3.05, 3.63) is 40.2 Å². The highest BCUT2D eigenvalue weighted by atomic mass is 32.1. The second-order valence-electron chi connectivity index (χ2n) is 4.60. The molecule has 0 aliphatic carbocycles. The van der Waals surface area contributed by atoms with Crippen LogP contribution in [0.15, 0.2) is 29.6 Å². The van der Waals surface area contributed by atoms with E-state index in [2.05, 4.69) is 35.2 Å². The van der Waals surface area contributed by atoms with Crippen LogP contribution in [0.25, 0.3) is 11.3 Å². The summed E-state index contributed by atoms with van der Waals surface area (Å²) in [6.07, 6.45) is 0.990. The van der Waals surface area contributed by atoms with Gasteiger partial charge in [-0.05, 0) is 25.2 Å². The summed E-state index contributed by atoms with van der Waals surface area (Å²) in [5.41, 5.74) is 2.68. The lowest BCUT2D eigenvalue weighted by Crippen LogP contribution is -2.25. The van der Waals surface area contributed by atoms with Gasteiger partial charge in [-0.25, -0.2) is 4.98 Å². The Bertz CT molecular complexity index is 594. The molecule has 0 saturated heterocycles. The van der Waals surface area contributed by atoms with Gasteiger partial charge in [-0.3, -0.25) is 0 Å². The summed E-state index contributed by atoms with van der Waals surface area (Å²) >= 11 is 1.70.